The van der Waals surface area contributed by atoms with E-state index >= 15 is 0 Å². The molecule has 0 aliphatic carbocycles. The maximum absolute atomic E-state index is 12.8. The van der Waals surface area contributed by atoms with E-state index in [-0.39, 0.29) is 35.0 Å². The molecule has 1 aromatic heterocycles. The van der Waals surface area contributed by atoms with Crippen molar-refractivity contribution in [3.63, 3.8) is 0 Å². The molecule has 0 N–H and O–H groups in total. The number of hydrogen-bond donors (Lipinski definition) is 0. The molecule has 3 aromatic rings. The molecule has 1 heterocycles. The Kier molecular flexibility index (Phi) is 8.62. The quantitative estimate of drug-likeness (QED) is 0.162. The van der Waals surface area contributed by atoms with Gasteiger partial charge in [-0.2, -0.15) is 0 Å². The van der Waals surface area contributed by atoms with Crippen LogP contribution in [-0.2, 0) is 4.79 Å². The molecular formula is C28H28O7. The van der Waals surface area contributed by atoms with Crippen LogP contribution < -0.4 is 19.8 Å². The van der Waals surface area contributed by atoms with E-state index in [1.807, 2.05) is 13.0 Å². The number of esters is 2. The van der Waals surface area contributed by atoms with E-state index < -0.39 is 17.6 Å². The average molecular weight is 477 g/mol. The van der Waals surface area contributed by atoms with E-state index in [4.69, 9.17) is 18.6 Å². The van der Waals surface area contributed by atoms with Crippen molar-refractivity contribution in [2.75, 3.05) is 6.61 Å². The van der Waals surface area contributed by atoms with E-state index in [0.29, 0.717) is 5.39 Å². The molecule has 0 aliphatic heterocycles. The van der Waals surface area contributed by atoms with Crippen LogP contribution in [0.1, 0.15) is 50.9 Å². The molecule has 0 amide bonds. The number of fused-ring (bicyclic) bond motifs is 1. The maximum atomic E-state index is 12.8. The largest absolute Gasteiger partial charge is 0.485 e. The molecule has 0 fully saturated rings. The second-order valence-electron chi connectivity index (χ2n) is 8.24. The first kappa shape index (κ1) is 25.5. The SMILES string of the molecule is CC(=O)Oc1ccc2c(OC/C=C(\C)CCC=C(C)C)c(OC(=O)c3ccccc3)c(=O)oc2c1. The van der Waals surface area contributed by atoms with Gasteiger partial charge in [0.05, 0.1) is 10.9 Å². The van der Waals surface area contributed by atoms with Crippen LogP contribution >= 0.6 is 0 Å². The van der Waals surface area contributed by atoms with Gasteiger partial charge in [0, 0.05) is 13.0 Å². The third-order valence-corrected chi connectivity index (χ3v) is 5.01. The maximum Gasteiger partial charge on any atom is 0.383 e. The van der Waals surface area contributed by atoms with E-state index in [0.717, 1.165) is 18.4 Å². The second kappa shape index (κ2) is 11.8. The van der Waals surface area contributed by atoms with Crippen molar-refractivity contribution < 1.29 is 28.2 Å². The summed E-state index contributed by atoms with van der Waals surface area (Å²) in [4.78, 5) is 36.8. The van der Waals surface area contributed by atoms with Crippen molar-refractivity contribution in [3.05, 3.63) is 87.8 Å². The van der Waals surface area contributed by atoms with Gasteiger partial charge in [0.1, 0.15) is 17.9 Å². The standard InChI is InChI=1S/C28H28O7/c1-18(2)9-8-10-19(3)15-16-32-25-23-14-13-22(33-20(4)29)17-24(23)34-28(31)26(25)35-27(30)21-11-6-5-7-12-21/h5-7,9,11-15,17H,8,10,16H2,1-4H3/b19-15+. The lowest BCUT2D eigenvalue weighted by atomic mass is 10.1. The highest BCUT2D eigenvalue weighted by Crippen LogP contribution is 2.35. The van der Waals surface area contributed by atoms with Gasteiger partial charge in [-0.25, -0.2) is 9.59 Å². The first-order chi connectivity index (χ1) is 16.7. The lowest BCUT2D eigenvalue weighted by Crippen LogP contribution is -2.16. The second-order valence-corrected chi connectivity index (χ2v) is 8.24. The Morgan fingerprint density at radius 2 is 1.66 bits per heavy atom. The summed E-state index contributed by atoms with van der Waals surface area (Å²) >= 11 is 0. The zero-order valence-corrected chi connectivity index (χ0v) is 20.3. The van der Waals surface area contributed by atoms with Crippen molar-refractivity contribution in [3.8, 4) is 17.2 Å². The summed E-state index contributed by atoms with van der Waals surface area (Å²) in [6.07, 6.45) is 5.86. The van der Waals surface area contributed by atoms with Crippen molar-refractivity contribution >= 4 is 22.9 Å². The highest BCUT2D eigenvalue weighted by Gasteiger charge is 2.22. The van der Waals surface area contributed by atoms with Gasteiger partial charge < -0.3 is 18.6 Å². The number of benzene rings is 2. The predicted octanol–water partition coefficient (Wildman–Crippen LogP) is 6.01. The van der Waals surface area contributed by atoms with Crippen LogP contribution in [0.4, 0.5) is 0 Å². The number of hydrogen-bond acceptors (Lipinski definition) is 7. The summed E-state index contributed by atoms with van der Waals surface area (Å²) in [5, 5.41) is 0.395. The van der Waals surface area contributed by atoms with Gasteiger partial charge in [-0.05, 0) is 64.0 Å². The fourth-order valence-corrected chi connectivity index (χ4v) is 3.28. The molecule has 0 bridgehead atoms. The minimum Gasteiger partial charge on any atom is -0.485 e. The summed E-state index contributed by atoms with van der Waals surface area (Å²) in [7, 11) is 0. The van der Waals surface area contributed by atoms with Crippen molar-refractivity contribution in [2.24, 2.45) is 0 Å². The molecule has 35 heavy (non-hydrogen) atoms. The summed E-state index contributed by atoms with van der Waals surface area (Å²) in [6, 6.07) is 12.8. The molecular weight excluding hydrogens is 448 g/mol. The molecule has 2 aromatic carbocycles. The fraction of sp³-hybridized carbons (Fsp3) is 0.250. The van der Waals surface area contributed by atoms with Gasteiger partial charge in [0.25, 0.3) is 5.75 Å². The Balaban J connectivity index is 1.96. The monoisotopic (exact) mass is 476 g/mol. The normalized spacial score (nSPS) is 11.1. The number of carbonyl (C=O) groups excluding carboxylic acids is 2. The molecule has 0 unspecified atom stereocenters. The highest BCUT2D eigenvalue weighted by atomic mass is 16.6. The minimum atomic E-state index is -0.888. The van der Waals surface area contributed by atoms with Gasteiger partial charge in [-0.1, -0.05) is 35.4 Å². The minimum absolute atomic E-state index is 0.0725. The first-order valence-corrected chi connectivity index (χ1v) is 11.2. The predicted molar refractivity (Wildman–Crippen MR) is 133 cm³/mol. The summed E-state index contributed by atoms with van der Waals surface area (Å²) < 4.78 is 21.8. The van der Waals surface area contributed by atoms with Crippen molar-refractivity contribution in [1.29, 1.82) is 0 Å². The van der Waals surface area contributed by atoms with Gasteiger partial charge >= 0.3 is 17.6 Å². The van der Waals surface area contributed by atoms with Crippen molar-refractivity contribution in [2.45, 2.75) is 40.5 Å². The molecule has 3 rings (SSSR count). The summed E-state index contributed by atoms with van der Waals surface area (Å²) in [5.74, 6) is -1.29. The Bertz CT molecular complexity index is 1330. The Morgan fingerprint density at radius 3 is 2.34 bits per heavy atom. The van der Waals surface area contributed by atoms with E-state index in [1.165, 1.54) is 18.6 Å². The van der Waals surface area contributed by atoms with Crippen LogP contribution in [-0.4, -0.2) is 18.5 Å². The average Bonchev–Trinajstić information content (AvgIpc) is 2.80. The molecule has 0 aliphatic rings. The van der Waals surface area contributed by atoms with E-state index in [9.17, 15) is 14.4 Å². The molecule has 0 spiro atoms. The third-order valence-electron chi connectivity index (χ3n) is 5.01. The summed E-state index contributed by atoms with van der Waals surface area (Å²) in [6.45, 7) is 7.54. The van der Waals surface area contributed by atoms with Crippen LogP contribution in [0.5, 0.6) is 17.2 Å². The number of ether oxygens (including phenoxy) is 3. The van der Waals surface area contributed by atoms with Gasteiger partial charge in [0.15, 0.2) is 5.75 Å². The van der Waals surface area contributed by atoms with Crippen LogP contribution in [0.15, 0.2) is 81.0 Å². The van der Waals surface area contributed by atoms with Crippen LogP contribution in [0.3, 0.4) is 0 Å². The summed E-state index contributed by atoms with van der Waals surface area (Å²) in [5.41, 5.74) is 1.90. The zero-order chi connectivity index (χ0) is 25.4. The van der Waals surface area contributed by atoms with Gasteiger partial charge in [0.2, 0.25) is 0 Å². The molecule has 0 saturated heterocycles. The van der Waals surface area contributed by atoms with Gasteiger partial charge in [-0.3, -0.25) is 4.79 Å². The molecule has 0 saturated carbocycles. The molecule has 0 atom stereocenters. The van der Waals surface area contributed by atoms with Crippen LogP contribution in [0.2, 0.25) is 0 Å². The smallest absolute Gasteiger partial charge is 0.383 e. The molecule has 0 radical (unpaired) electrons. The Labute approximate surface area is 203 Å². The molecule has 7 nitrogen and oxygen atoms in total. The van der Waals surface area contributed by atoms with Gasteiger partial charge in [-0.15, -0.1) is 0 Å². The number of allylic oxidation sites excluding steroid dienone is 3. The Morgan fingerprint density at radius 1 is 0.914 bits per heavy atom. The van der Waals surface area contributed by atoms with Crippen LogP contribution in [0, 0.1) is 0 Å². The third kappa shape index (κ3) is 7.17. The van der Waals surface area contributed by atoms with Crippen molar-refractivity contribution in [1.82, 2.24) is 0 Å². The number of rotatable bonds is 9. The number of carbonyl (C=O) groups is 2. The fourth-order valence-electron chi connectivity index (χ4n) is 3.28. The Hall–Kier alpha value is -4.13. The lowest BCUT2D eigenvalue weighted by Gasteiger charge is -2.13. The van der Waals surface area contributed by atoms with Crippen LogP contribution in [0.25, 0.3) is 11.0 Å². The molecule has 182 valence electrons. The molecule has 7 heteroatoms. The highest BCUT2D eigenvalue weighted by molar-refractivity contribution is 5.93. The zero-order valence-electron chi connectivity index (χ0n) is 20.3. The van der Waals surface area contributed by atoms with E-state index in [1.54, 1.807) is 42.5 Å². The lowest BCUT2D eigenvalue weighted by molar-refractivity contribution is -0.131. The first-order valence-electron chi connectivity index (χ1n) is 11.2. The van der Waals surface area contributed by atoms with E-state index in [2.05, 4.69) is 19.9 Å². The topological polar surface area (TPSA) is 92.0 Å².